The summed E-state index contributed by atoms with van der Waals surface area (Å²) in [4.78, 5) is 7.99. The van der Waals surface area contributed by atoms with Gasteiger partial charge in [0.05, 0.1) is 17.0 Å². The second kappa shape index (κ2) is 6.30. The van der Waals surface area contributed by atoms with E-state index in [0.717, 1.165) is 0 Å². The zero-order valence-corrected chi connectivity index (χ0v) is 11.8. The minimum Gasteiger partial charge on any atom is -0.369 e. The van der Waals surface area contributed by atoms with Crippen molar-refractivity contribution in [1.82, 2.24) is 15.1 Å². The highest BCUT2D eigenvalue weighted by Crippen LogP contribution is 2.26. The molecule has 0 aliphatic carbocycles. The van der Waals surface area contributed by atoms with Crippen molar-refractivity contribution in [3.8, 4) is 11.5 Å². The van der Waals surface area contributed by atoms with Gasteiger partial charge in [0, 0.05) is 19.2 Å². The number of nitrogens with zero attached hydrogens (tertiary/aromatic N) is 3. The third-order valence-corrected chi connectivity index (χ3v) is 2.82. The minimum absolute atomic E-state index is 0.00536. The molecule has 0 aliphatic rings. The van der Waals surface area contributed by atoms with Gasteiger partial charge in [-0.2, -0.15) is 18.2 Å². The molecule has 2 heterocycles. The fourth-order valence-corrected chi connectivity index (χ4v) is 1.81. The van der Waals surface area contributed by atoms with Gasteiger partial charge in [-0.3, -0.25) is 0 Å². The van der Waals surface area contributed by atoms with Crippen molar-refractivity contribution < 1.29 is 17.7 Å². The van der Waals surface area contributed by atoms with Crippen LogP contribution in [0.4, 0.5) is 19.0 Å². The van der Waals surface area contributed by atoms with Gasteiger partial charge in [-0.15, -0.1) is 0 Å². The van der Waals surface area contributed by atoms with Crippen LogP contribution in [0.1, 0.15) is 19.2 Å². The molecule has 5 nitrogen and oxygen atoms in total. The van der Waals surface area contributed by atoms with Crippen molar-refractivity contribution in [2.45, 2.75) is 25.9 Å². The third-order valence-electron chi connectivity index (χ3n) is 2.53. The summed E-state index contributed by atoms with van der Waals surface area (Å²) in [6, 6.07) is 1.56. The zero-order valence-electron chi connectivity index (χ0n) is 11.0. The molecule has 0 unspecified atom stereocenters. The second-order valence-electron chi connectivity index (χ2n) is 4.22. The smallest absolute Gasteiger partial charge is 0.369 e. The van der Waals surface area contributed by atoms with Crippen molar-refractivity contribution >= 4 is 17.4 Å². The summed E-state index contributed by atoms with van der Waals surface area (Å²) < 4.78 is 41.3. The molecule has 0 aromatic carbocycles. The Kier molecular flexibility index (Phi) is 4.66. The number of aromatic nitrogens is 3. The minimum atomic E-state index is -4.25. The maximum Gasteiger partial charge on any atom is 0.389 e. The van der Waals surface area contributed by atoms with E-state index >= 15 is 0 Å². The number of anilines is 1. The van der Waals surface area contributed by atoms with E-state index in [1.807, 2.05) is 6.92 Å². The van der Waals surface area contributed by atoms with Crippen LogP contribution in [0.3, 0.4) is 0 Å². The van der Waals surface area contributed by atoms with Gasteiger partial charge in [0.25, 0.3) is 5.89 Å². The summed E-state index contributed by atoms with van der Waals surface area (Å²) in [6.45, 7) is 2.56. The molecule has 0 fully saturated rings. The van der Waals surface area contributed by atoms with Crippen LogP contribution in [-0.2, 0) is 6.42 Å². The normalized spacial score (nSPS) is 11.7. The molecular weight excluding hydrogens is 309 g/mol. The largest absolute Gasteiger partial charge is 0.389 e. The standard InChI is InChI=1S/C12H12ClF3N4O/c1-2-17-10-8(13)5-7(6-18-10)11-19-9(20-21-11)3-4-12(14,15)16/h5-6H,2-4H2,1H3,(H,17,18). The lowest BCUT2D eigenvalue weighted by Crippen LogP contribution is -2.09. The Hall–Kier alpha value is -1.83. The topological polar surface area (TPSA) is 63.8 Å². The Morgan fingerprint density at radius 3 is 2.76 bits per heavy atom. The molecule has 9 heteroatoms. The van der Waals surface area contributed by atoms with E-state index in [4.69, 9.17) is 16.1 Å². The van der Waals surface area contributed by atoms with Crippen LogP contribution in [0.15, 0.2) is 16.8 Å². The van der Waals surface area contributed by atoms with Crippen LogP contribution in [-0.4, -0.2) is 27.8 Å². The van der Waals surface area contributed by atoms with E-state index in [-0.39, 0.29) is 18.1 Å². The summed E-state index contributed by atoms with van der Waals surface area (Å²) in [7, 11) is 0. The Morgan fingerprint density at radius 2 is 2.14 bits per heavy atom. The number of nitrogens with one attached hydrogen (secondary N) is 1. The van der Waals surface area contributed by atoms with Gasteiger partial charge < -0.3 is 9.84 Å². The first-order chi connectivity index (χ1) is 9.89. The summed E-state index contributed by atoms with van der Waals surface area (Å²) in [5.74, 6) is 0.596. The van der Waals surface area contributed by atoms with Crippen LogP contribution in [0.25, 0.3) is 11.5 Å². The lowest BCUT2D eigenvalue weighted by molar-refractivity contribution is -0.134. The first kappa shape index (κ1) is 15.6. The lowest BCUT2D eigenvalue weighted by Gasteiger charge is -2.04. The number of alkyl halides is 3. The van der Waals surface area contributed by atoms with Crippen LogP contribution in [0.5, 0.6) is 0 Å². The molecule has 2 aromatic rings. The summed E-state index contributed by atoms with van der Waals surface area (Å²) >= 11 is 6.02. The summed E-state index contributed by atoms with van der Waals surface area (Å²) in [6.07, 6.45) is -4.11. The number of pyridine rings is 1. The van der Waals surface area contributed by atoms with Crippen LogP contribution in [0, 0.1) is 0 Å². The number of hydrogen-bond acceptors (Lipinski definition) is 5. The van der Waals surface area contributed by atoms with E-state index in [1.165, 1.54) is 6.20 Å². The maximum absolute atomic E-state index is 12.1. The molecule has 114 valence electrons. The average Bonchev–Trinajstić information content (AvgIpc) is 2.87. The highest BCUT2D eigenvalue weighted by Gasteiger charge is 2.27. The van der Waals surface area contributed by atoms with Crippen LogP contribution < -0.4 is 5.32 Å². The van der Waals surface area contributed by atoms with Gasteiger partial charge >= 0.3 is 6.18 Å². The summed E-state index contributed by atoms with van der Waals surface area (Å²) in [5, 5.41) is 6.84. The van der Waals surface area contributed by atoms with Gasteiger partial charge in [-0.05, 0) is 13.0 Å². The average molecular weight is 321 g/mol. The second-order valence-corrected chi connectivity index (χ2v) is 4.62. The number of rotatable bonds is 5. The molecular formula is C12H12ClF3N4O. The predicted molar refractivity (Wildman–Crippen MR) is 71.1 cm³/mol. The Labute approximate surface area is 123 Å². The molecule has 0 bridgehead atoms. The molecule has 0 aliphatic heterocycles. The molecule has 0 spiro atoms. The molecule has 2 aromatic heterocycles. The SMILES string of the molecule is CCNc1ncc(-c2nc(CCC(F)(F)F)no2)cc1Cl. The van der Waals surface area contributed by atoms with Gasteiger partial charge in [-0.1, -0.05) is 16.8 Å². The van der Waals surface area contributed by atoms with Crippen molar-refractivity contribution in [3.05, 3.63) is 23.1 Å². The van der Waals surface area contributed by atoms with Crippen molar-refractivity contribution in [3.63, 3.8) is 0 Å². The van der Waals surface area contributed by atoms with E-state index in [1.54, 1.807) is 6.07 Å². The molecule has 0 radical (unpaired) electrons. The van der Waals surface area contributed by atoms with Crippen molar-refractivity contribution in [1.29, 1.82) is 0 Å². The fraction of sp³-hybridized carbons (Fsp3) is 0.417. The maximum atomic E-state index is 12.1. The molecule has 0 saturated heterocycles. The predicted octanol–water partition coefficient (Wildman–Crippen LogP) is 3.71. The monoisotopic (exact) mass is 320 g/mol. The molecule has 0 saturated carbocycles. The number of aryl methyl sites for hydroxylation is 1. The first-order valence-electron chi connectivity index (χ1n) is 6.18. The van der Waals surface area contributed by atoms with E-state index in [2.05, 4.69) is 20.4 Å². The number of halogens is 4. The zero-order chi connectivity index (χ0) is 15.5. The van der Waals surface area contributed by atoms with Gasteiger partial charge in [0.1, 0.15) is 5.82 Å². The van der Waals surface area contributed by atoms with E-state index < -0.39 is 12.6 Å². The third kappa shape index (κ3) is 4.32. The molecule has 0 amide bonds. The van der Waals surface area contributed by atoms with Gasteiger partial charge in [-0.25, -0.2) is 4.98 Å². The quantitative estimate of drug-likeness (QED) is 0.909. The molecule has 2 rings (SSSR count). The Balaban J connectivity index is 2.12. The summed E-state index contributed by atoms with van der Waals surface area (Å²) in [5.41, 5.74) is 0.451. The molecule has 1 N–H and O–H groups in total. The molecule has 0 atom stereocenters. The van der Waals surface area contributed by atoms with Gasteiger partial charge in [0.15, 0.2) is 5.82 Å². The van der Waals surface area contributed by atoms with Crippen molar-refractivity contribution in [2.24, 2.45) is 0 Å². The fourth-order valence-electron chi connectivity index (χ4n) is 1.58. The Bertz CT molecular complexity index is 615. The lowest BCUT2D eigenvalue weighted by atomic mass is 10.2. The van der Waals surface area contributed by atoms with E-state index in [0.29, 0.717) is 22.9 Å². The van der Waals surface area contributed by atoms with Crippen molar-refractivity contribution in [2.75, 3.05) is 11.9 Å². The highest BCUT2D eigenvalue weighted by molar-refractivity contribution is 6.33. The van der Waals surface area contributed by atoms with Crippen LogP contribution >= 0.6 is 11.6 Å². The molecule has 21 heavy (non-hydrogen) atoms. The van der Waals surface area contributed by atoms with Crippen LogP contribution in [0.2, 0.25) is 5.02 Å². The van der Waals surface area contributed by atoms with Gasteiger partial charge in [0.2, 0.25) is 0 Å². The Morgan fingerprint density at radius 1 is 1.38 bits per heavy atom. The number of hydrogen-bond donors (Lipinski definition) is 1. The highest BCUT2D eigenvalue weighted by atomic mass is 35.5. The first-order valence-corrected chi connectivity index (χ1v) is 6.56. The van der Waals surface area contributed by atoms with E-state index in [9.17, 15) is 13.2 Å².